The quantitative estimate of drug-likeness (QED) is 0.386. The van der Waals surface area contributed by atoms with Gasteiger partial charge in [-0.15, -0.1) is 11.6 Å². The van der Waals surface area contributed by atoms with Crippen LogP contribution < -0.4 is 14.8 Å². The minimum atomic E-state index is 0.368. The Morgan fingerprint density at radius 3 is 2.54 bits per heavy atom. The van der Waals surface area contributed by atoms with Crippen LogP contribution in [0.25, 0.3) is 5.70 Å². The van der Waals surface area contributed by atoms with Gasteiger partial charge in [0.05, 0.1) is 26.3 Å². The van der Waals surface area contributed by atoms with Crippen molar-refractivity contribution >= 4 is 17.3 Å². The molecule has 0 atom stereocenters. The number of nitrogens with two attached hydrogens (primary N) is 1. The standard InChI is InChI=1S/C23H28ClNO3/c1-6-8-17(7-2)15-28-20(9-11-24)16(3)23-19-14-22(27-5)21(26-4)13-18(19)10-12-25-23/h6-9,13-14,25H,1-2,10-12,15H2,3-5H3/p+1/b17-8+,20-9+,23-16-. The lowest BCUT2D eigenvalue weighted by molar-refractivity contribution is -0.565. The van der Waals surface area contributed by atoms with Crippen molar-refractivity contribution in [1.82, 2.24) is 0 Å². The van der Waals surface area contributed by atoms with Crippen LogP contribution in [0.15, 0.2) is 66.5 Å². The summed E-state index contributed by atoms with van der Waals surface area (Å²) in [5.41, 5.74) is 5.49. The first kappa shape index (κ1) is 21.9. The van der Waals surface area contributed by atoms with Crippen LogP contribution in [0.2, 0.25) is 0 Å². The van der Waals surface area contributed by atoms with E-state index in [0.29, 0.717) is 18.2 Å². The highest BCUT2D eigenvalue weighted by atomic mass is 35.5. The molecule has 5 heteroatoms. The lowest BCUT2D eigenvalue weighted by Gasteiger charge is -2.22. The van der Waals surface area contributed by atoms with E-state index in [1.54, 1.807) is 26.4 Å². The second-order valence-corrected chi connectivity index (χ2v) is 6.65. The molecule has 1 aromatic carbocycles. The lowest BCUT2D eigenvalue weighted by atomic mass is 9.94. The van der Waals surface area contributed by atoms with Crippen LogP contribution in [0.5, 0.6) is 11.5 Å². The Bertz CT molecular complexity index is 821. The average molecular weight is 403 g/mol. The molecule has 0 unspecified atom stereocenters. The van der Waals surface area contributed by atoms with Gasteiger partial charge in [0.25, 0.3) is 0 Å². The highest BCUT2D eigenvalue weighted by molar-refractivity contribution is 6.19. The van der Waals surface area contributed by atoms with E-state index in [2.05, 4.69) is 31.5 Å². The van der Waals surface area contributed by atoms with Gasteiger partial charge in [-0.3, -0.25) is 0 Å². The Hall–Kier alpha value is -2.43. The number of benzene rings is 1. The molecule has 0 aromatic heterocycles. The van der Waals surface area contributed by atoms with Crippen LogP contribution in [-0.2, 0) is 11.2 Å². The lowest BCUT2D eigenvalue weighted by Crippen LogP contribution is -2.83. The molecule has 150 valence electrons. The number of quaternary nitrogens is 1. The molecule has 0 saturated carbocycles. The fourth-order valence-corrected chi connectivity index (χ4v) is 3.37. The van der Waals surface area contributed by atoms with Gasteiger partial charge in [0.1, 0.15) is 18.1 Å². The number of alkyl halides is 1. The topological polar surface area (TPSA) is 44.3 Å². The van der Waals surface area contributed by atoms with Crippen LogP contribution in [0, 0.1) is 0 Å². The molecule has 28 heavy (non-hydrogen) atoms. The van der Waals surface area contributed by atoms with E-state index in [4.69, 9.17) is 25.8 Å². The van der Waals surface area contributed by atoms with Gasteiger partial charge in [0.15, 0.2) is 11.5 Å². The van der Waals surface area contributed by atoms with Crippen LogP contribution >= 0.6 is 11.6 Å². The zero-order chi connectivity index (χ0) is 20.5. The van der Waals surface area contributed by atoms with Crippen molar-refractivity contribution in [2.45, 2.75) is 13.3 Å². The summed E-state index contributed by atoms with van der Waals surface area (Å²) in [7, 11) is 3.31. The summed E-state index contributed by atoms with van der Waals surface area (Å²) >= 11 is 6.00. The maximum absolute atomic E-state index is 6.08. The first-order valence-electron chi connectivity index (χ1n) is 9.22. The van der Waals surface area contributed by atoms with Crippen molar-refractivity contribution in [3.05, 3.63) is 77.6 Å². The molecular weight excluding hydrogens is 374 g/mol. The SMILES string of the molecule is C=C/C=C(\C=C)COC(=C/CCl)/C(C)=C1\[NH2+]CCc2cc(OC)c(OC)cc21. The van der Waals surface area contributed by atoms with Gasteiger partial charge < -0.3 is 19.5 Å². The summed E-state index contributed by atoms with van der Waals surface area (Å²) < 4.78 is 17.0. The number of hydrogen-bond acceptors (Lipinski definition) is 3. The number of hydrogen-bond donors (Lipinski definition) is 1. The van der Waals surface area contributed by atoms with Crippen LogP contribution in [0.1, 0.15) is 18.1 Å². The van der Waals surface area contributed by atoms with Crippen LogP contribution in [-0.4, -0.2) is 33.3 Å². The Labute approximate surface area is 172 Å². The molecule has 1 aliphatic heterocycles. The van der Waals surface area contributed by atoms with Gasteiger partial charge in [0, 0.05) is 17.9 Å². The van der Waals surface area contributed by atoms with Crippen molar-refractivity contribution in [2.24, 2.45) is 0 Å². The Morgan fingerprint density at radius 1 is 1.21 bits per heavy atom. The first-order valence-corrected chi connectivity index (χ1v) is 9.75. The number of fused-ring (bicyclic) bond motifs is 1. The Kier molecular flexibility index (Phi) is 8.42. The number of allylic oxidation sites excluding steroid dienone is 4. The Morgan fingerprint density at radius 2 is 1.93 bits per heavy atom. The third-order valence-electron chi connectivity index (χ3n) is 4.69. The maximum Gasteiger partial charge on any atom is 0.161 e. The fourth-order valence-electron chi connectivity index (χ4n) is 3.23. The maximum atomic E-state index is 6.08. The van der Waals surface area contributed by atoms with Crippen molar-refractivity contribution in [3.63, 3.8) is 0 Å². The summed E-state index contributed by atoms with van der Waals surface area (Å²) in [6, 6.07) is 4.09. The summed E-state index contributed by atoms with van der Waals surface area (Å²) in [6.07, 6.45) is 8.22. The minimum absolute atomic E-state index is 0.368. The minimum Gasteiger partial charge on any atom is -0.493 e. The van der Waals surface area contributed by atoms with E-state index >= 15 is 0 Å². The zero-order valence-electron chi connectivity index (χ0n) is 16.9. The fraction of sp³-hybridized carbons (Fsp3) is 0.304. The smallest absolute Gasteiger partial charge is 0.161 e. The molecule has 0 fully saturated rings. The van der Waals surface area contributed by atoms with Gasteiger partial charge in [-0.2, -0.15) is 0 Å². The summed E-state index contributed by atoms with van der Waals surface area (Å²) in [5, 5.41) is 2.24. The predicted octanol–water partition coefficient (Wildman–Crippen LogP) is 3.99. The van der Waals surface area contributed by atoms with Gasteiger partial charge in [-0.1, -0.05) is 31.4 Å². The first-order chi connectivity index (χ1) is 13.6. The van der Waals surface area contributed by atoms with Crippen LogP contribution in [0.4, 0.5) is 0 Å². The highest BCUT2D eigenvalue weighted by Crippen LogP contribution is 2.35. The van der Waals surface area contributed by atoms with Crippen molar-refractivity contribution in [1.29, 1.82) is 0 Å². The number of ether oxygens (including phenoxy) is 3. The molecule has 2 N–H and O–H groups in total. The molecule has 4 nitrogen and oxygen atoms in total. The number of halogens is 1. The van der Waals surface area contributed by atoms with E-state index in [1.165, 1.54) is 5.56 Å². The van der Waals surface area contributed by atoms with E-state index in [-0.39, 0.29) is 0 Å². The molecule has 0 radical (unpaired) electrons. The third kappa shape index (κ3) is 5.09. The Balaban J connectivity index is 2.45. The molecular formula is C23H29ClNO3+. The zero-order valence-corrected chi connectivity index (χ0v) is 17.6. The molecule has 0 bridgehead atoms. The van der Waals surface area contributed by atoms with E-state index < -0.39 is 0 Å². The van der Waals surface area contributed by atoms with Crippen molar-refractivity contribution in [3.8, 4) is 11.5 Å². The molecule has 0 spiro atoms. The number of rotatable bonds is 9. The van der Waals surface area contributed by atoms with Crippen LogP contribution in [0.3, 0.4) is 0 Å². The van der Waals surface area contributed by atoms with Gasteiger partial charge in [-0.25, -0.2) is 0 Å². The normalized spacial score (nSPS) is 16.1. The molecule has 2 rings (SSSR count). The van der Waals surface area contributed by atoms with E-state index in [9.17, 15) is 0 Å². The highest BCUT2D eigenvalue weighted by Gasteiger charge is 2.24. The van der Waals surface area contributed by atoms with Gasteiger partial charge in [-0.05, 0) is 36.3 Å². The molecule has 0 aliphatic carbocycles. The van der Waals surface area contributed by atoms with E-state index in [1.807, 2.05) is 18.2 Å². The molecule has 0 amide bonds. The molecule has 1 aromatic rings. The molecule has 1 aliphatic rings. The summed E-state index contributed by atoms with van der Waals surface area (Å²) in [6.45, 7) is 11.0. The van der Waals surface area contributed by atoms with Gasteiger partial charge >= 0.3 is 0 Å². The second kappa shape index (κ2) is 10.8. The van der Waals surface area contributed by atoms with Crippen molar-refractivity contribution < 1.29 is 19.5 Å². The summed E-state index contributed by atoms with van der Waals surface area (Å²) in [4.78, 5) is 0. The number of methoxy groups -OCH3 is 2. The third-order valence-corrected chi connectivity index (χ3v) is 4.84. The largest absolute Gasteiger partial charge is 0.493 e. The second-order valence-electron chi connectivity index (χ2n) is 6.34. The molecule has 1 heterocycles. The predicted molar refractivity (Wildman–Crippen MR) is 116 cm³/mol. The van der Waals surface area contributed by atoms with E-state index in [0.717, 1.165) is 46.9 Å². The van der Waals surface area contributed by atoms with Crippen molar-refractivity contribution in [2.75, 3.05) is 33.3 Å². The monoisotopic (exact) mass is 402 g/mol. The average Bonchev–Trinajstić information content (AvgIpc) is 2.73. The molecule has 0 saturated heterocycles. The summed E-state index contributed by atoms with van der Waals surface area (Å²) in [5.74, 6) is 2.60. The van der Waals surface area contributed by atoms with Gasteiger partial charge in [0.2, 0.25) is 0 Å².